The summed E-state index contributed by atoms with van der Waals surface area (Å²) >= 11 is 3.34. The first-order chi connectivity index (χ1) is 13.8. The minimum Gasteiger partial charge on any atom is -0.482 e. The Labute approximate surface area is 174 Å². The highest BCUT2D eigenvalue weighted by Gasteiger charge is 2.27. The van der Waals surface area contributed by atoms with Gasteiger partial charge in [0, 0.05) is 15.7 Å². The number of nitrogens with zero attached hydrogens (tertiary/aromatic N) is 1. The van der Waals surface area contributed by atoms with Crippen LogP contribution in [0.2, 0.25) is 0 Å². The van der Waals surface area contributed by atoms with Crippen molar-refractivity contribution < 1.29 is 23.9 Å². The maximum atomic E-state index is 12.4. The normalized spacial score (nSPS) is 12.6. The van der Waals surface area contributed by atoms with E-state index in [0.717, 1.165) is 4.47 Å². The van der Waals surface area contributed by atoms with Crippen LogP contribution in [0.1, 0.15) is 10.4 Å². The van der Waals surface area contributed by atoms with Crippen LogP contribution in [0.15, 0.2) is 46.9 Å². The van der Waals surface area contributed by atoms with Crippen LogP contribution in [0, 0.1) is 0 Å². The van der Waals surface area contributed by atoms with Crippen molar-refractivity contribution >= 4 is 50.9 Å². The SMILES string of the molecule is NC(=O)CNC(=O)c1ccc(NC(=O)CN2C(=O)COc3cc(Br)ccc32)cc1. The molecule has 0 bridgehead atoms. The fraction of sp³-hybridized carbons (Fsp3) is 0.158. The Morgan fingerprint density at radius 2 is 1.86 bits per heavy atom. The van der Waals surface area contributed by atoms with E-state index in [1.807, 2.05) is 0 Å². The summed E-state index contributed by atoms with van der Waals surface area (Å²) in [7, 11) is 0. The van der Waals surface area contributed by atoms with Crippen molar-refractivity contribution in [3.05, 3.63) is 52.5 Å². The van der Waals surface area contributed by atoms with Gasteiger partial charge in [0.1, 0.15) is 12.3 Å². The number of primary amides is 1. The zero-order valence-corrected chi connectivity index (χ0v) is 16.7. The Kier molecular flexibility index (Phi) is 6.13. The van der Waals surface area contributed by atoms with E-state index in [9.17, 15) is 19.2 Å². The number of nitrogens with two attached hydrogens (primary N) is 1. The van der Waals surface area contributed by atoms with E-state index < -0.39 is 17.7 Å². The number of fused-ring (bicyclic) bond motifs is 1. The van der Waals surface area contributed by atoms with Gasteiger partial charge in [-0.05, 0) is 42.5 Å². The summed E-state index contributed by atoms with van der Waals surface area (Å²) in [5, 5.41) is 5.05. The lowest BCUT2D eigenvalue weighted by molar-refractivity contribution is -0.123. The summed E-state index contributed by atoms with van der Waals surface area (Å²) in [6, 6.07) is 11.3. The number of rotatable bonds is 6. The van der Waals surface area contributed by atoms with Crippen LogP contribution in [0.4, 0.5) is 11.4 Å². The molecule has 1 aliphatic heterocycles. The summed E-state index contributed by atoms with van der Waals surface area (Å²) in [4.78, 5) is 48.5. The molecule has 29 heavy (non-hydrogen) atoms. The first-order valence-corrected chi connectivity index (χ1v) is 9.32. The molecule has 2 aromatic rings. The Hall–Kier alpha value is -3.40. The second kappa shape index (κ2) is 8.74. The van der Waals surface area contributed by atoms with Gasteiger partial charge in [-0.2, -0.15) is 0 Å². The molecule has 0 unspecified atom stereocenters. The summed E-state index contributed by atoms with van der Waals surface area (Å²) in [5.74, 6) is -1.31. The molecule has 0 spiro atoms. The molecule has 0 fully saturated rings. The number of benzene rings is 2. The molecule has 0 aromatic heterocycles. The Balaban J connectivity index is 1.63. The molecule has 9 nitrogen and oxygen atoms in total. The standard InChI is InChI=1S/C19H17BrN4O5/c20-12-3-6-14-15(7-12)29-10-18(27)24(14)9-17(26)23-13-4-1-11(2-5-13)19(28)22-8-16(21)25/h1-7H,8-10H2,(H2,21,25)(H,22,28)(H,23,26). The Morgan fingerprint density at radius 1 is 1.14 bits per heavy atom. The Bertz CT molecular complexity index is 977. The van der Waals surface area contributed by atoms with Crippen molar-refractivity contribution in [2.75, 3.05) is 29.9 Å². The highest BCUT2D eigenvalue weighted by atomic mass is 79.9. The zero-order chi connectivity index (χ0) is 21.0. The maximum absolute atomic E-state index is 12.4. The van der Waals surface area contributed by atoms with Crippen LogP contribution >= 0.6 is 15.9 Å². The van der Waals surface area contributed by atoms with Gasteiger partial charge in [-0.3, -0.25) is 24.1 Å². The van der Waals surface area contributed by atoms with Crippen LogP contribution in [0.3, 0.4) is 0 Å². The van der Waals surface area contributed by atoms with Gasteiger partial charge in [0.25, 0.3) is 11.8 Å². The third-order valence-electron chi connectivity index (χ3n) is 4.02. The van der Waals surface area contributed by atoms with E-state index in [2.05, 4.69) is 26.6 Å². The number of hydrogen-bond donors (Lipinski definition) is 3. The van der Waals surface area contributed by atoms with E-state index in [-0.39, 0.29) is 25.6 Å². The summed E-state index contributed by atoms with van der Waals surface area (Å²) in [6.07, 6.45) is 0. The van der Waals surface area contributed by atoms with Gasteiger partial charge in [0.15, 0.2) is 6.61 Å². The Morgan fingerprint density at radius 3 is 2.55 bits per heavy atom. The van der Waals surface area contributed by atoms with Crippen molar-refractivity contribution in [1.82, 2.24) is 5.32 Å². The molecule has 1 heterocycles. The van der Waals surface area contributed by atoms with Crippen molar-refractivity contribution in [2.45, 2.75) is 0 Å². The van der Waals surface area contributed by atoms with Gasteiger partial charge in [-0.15, -0.1) is 0 Å². The second-order valence-corrected chi connectivity index (χ2v) is 7.07. The fourth-order valence-corrected chi connectivity index (χ4v) is 3.01. The lowest BCUT2D eigenvalue weighted by Crippen LogP contribution is -2.43. The number of nitrogens with one attached hydrogen (secondary N) is 2. The summed E-state index contributed by atoms with van der Waals surface area (Å²) in [6.45, 7) is -0.591. The number of carbonyl (C=O) groups is 4. The quantitative estimate of drug-likeness (QED) is 0.592. The smallest absolute Gasteiger partial charge is 0.265 e. The lowest BCUT2D eigenvalue weighted by atomic mass is 10.2. The maximum Gasteiger partial charge on any atom is 0.265 e. The van der Waals surface area contributed by atoms with Gasteiger partial charge in [-0.1, -0.05) is 15.9 Å². The number of anilines is 2. The molecule has 0 saturated carbocycles. The van der Waals surface area contributed by atoms with Crippen LogP contribution < -0.4 is 26.0 Å². The van der Waals surface area contributed by atoms with Crippen LogP contribution in [-0.2, 0) is 14.4 Å². The van der Waals surface area contributed by atoms with E-state index in [0.29, 0.717) is 22.7 Å². The van der Waals surface area contributed by atoms with Gasteiger partial charge in [-0.25, -0.2) is 0 Å². The second-order valence-electron chi connectivity index (χ2n) is 6.16. The molecule has 4 N–H and O–H groups in total. The molecule has 1 aliphatic rings. The molecular weight excluding hydrogens is 444 g/mol. The number of ether oxygens (including phenoxy) is 1. The van der Waals surface area contributed by atoms with Crippen molar-refractivity contribution in [1.29, 1.82) is 0 Å². The summed E-state index contributed by atoms with van der Waals surface area (Å²) < 4.78 is 6.20. The minimum atomic E-state index is -0.645. The largest absolute Gasteiger partial charge is 0.482 e. The van der Waals surface area contributed by atoms with E-state index in [1.165, 1.54) is 17.0 Å². The minimum absolute atomic E-state index is 0.147. The predicted molar refractivity (Wildman–Crippen MR) is 109 cm³/mol. The molecule has 150 valence electrons. The highest BCUT2D eigenvalue weighted by Crippen LogP contribution is 2.34. The fourth-order valence-electron chi connectivity index (χ4n) is 2.67. The monoisotopic (exact) mass is 460 g/mol. The number of halogens is 1. The molecule has 0 saturated heterocycles. The van der Waals surface area contributed by atoms with E-state index in [1.54, 1.807) is 30.3 Å². The third-order valence-corrected chi connectivity index (χ3v) is 4.51. The number of hydrogen-bond acceptors (Lipinski definition) is 5. The first-order valence-electron chi connectivity index (χ1n) is 8.52. The number of amides is 4. The topological polar surface area (TPSA) is 131 Å². The van der Waals surface area contributed by atoms with E-state index >= 15 is 0 Å². The first kappa shape index (κ1) is 20.3. The molecule has 0 aliphatic carbocycles. The van der Waals surface area contributed by atoms with Gasteiger partial charge < -0.3 is 21.1 Å². The summed E-state index contributed by atoms with van der Waals surface area (Å²) in [5.41, 5.74) is 6.27. The van der Waals surface area contributed by atoms with Crippen LogP contribution in [0.25, 0.3) is 0 Å². The molecule has 3 rings (SSSR count). The van der Waals surface area contributed by atoms with E-state index in [4.69, 9.17) is 10.5 Å². The van der Waals surface area contributed by atoms with Gasteiger partial charge in [0.2, 0.25) is 11.8 Å². The average Bonchev–Trinajstić information content (AvgIpc) is 2.69. The molecular formula is C19H17BrN4O5. The molecule has 4 amide bonds. The third kappa shape index (κ3) is 5.11. The number of carbonyl (C=O) groups excluding carboxylic acids is 4. The lowest BCUT2D eigenvalue weighted by Gasteiger charge is -2.29. The highest BCUT2D eigenvalue weighted by molar-refractivity contribution is 9.10. The average molecular weight is 461 g/mol. The molecule has 0 atom stereocenters. The van der Waals surface area contributed by atoms with Crippen LogP contribution in [0.5, 0.6) is 5.75 Å². The predicted octanol–water partition coefficient (Wildman–Crippen LogP) is 1.03. The molecule has 10 heteroatoms. The van der Waals surface area contributed by atoms with Crippen molar-refractivity contribution in [3.8, 4) is 5.75 Å². The van der Waals surface area contributed by atoms with Crippen LogP contribution in [-0.4, -0.2) is 43.3 Å². The van der Waals surface area contributed by atoms with Gasteiger partial charge >= 0.3 is 0 Å². The zero-order valence-electron chi connectivity index (χ0n) is 15.1. The van der Waals surface area contributed by atoms with Crippen molar-refractivity contribution in [3.63, 3.8) is 0 Å². The molecule has 2 aromatic carbocycles. The van der Waals surface area contributed by atoms with Gasteiger partial charge in [0.05, 0.1) is 12.2 Å². The van der Waals surface area contributed by atoms with Crippen molar-refractivity contribution in [2.24, 2.45) is 5.73 Å². The molecule has 0 radical (unpaired) electrons.